The Bertz CT molecular complexity index is 473. The summed E-state index contributed by atoms with van der Waals surface area (Å²) < 4.78 is 5.28. The van der Waals surface area contributed by atoms with E-state index in [0.29, 0.717) is 17.9 Å². The van der Waals surface area contributed by atoms with Crippen LogP contribution in [0.1, 0.15) is 25.0 Å². The number of benzene rings is 1. The maximum atomic E-state index is 10.9. The van der Waals surface area contributed by atoms with Crippen molar-refractivity contribution in [3.8, 4) is 5.75 Å². The van der Waals surface area contributed by atoms with E-state index in [1.165, 1.54) is 0 Å². The zero-order chi connectivity index (χ0) is 15.8. The first kappa shape index (κ1) is 16.8. The number of carboxylic acid groups (broad SMARTS) is 2. The van der Waals surface area contributed by atoms with Gasteiger partial charge >= 0.3 is 12.1 Å². The molecule has 1 atom stereocenters. The molecule has 7 heteroatoms. The first-order chi connectivity index (χ1) is 9.93. The Hall–Kier alpha value is -2.28. The molecule has 1 aromatic carbocycles. The lowest BCUT2D eigenvalue weighted by molar-refractivity contribution is -0.138. The summed E-state index contributed by atoms with van der Waals surface area (Å²) in [5.41, 5.74) is 0.624. The predicted molar refractivity (Wildman–Crippen MR) is 74.4 cm³/mol. The quantitative estimate of drug-likeness (QED) is 0.672. The fourth-order valence-corrected chi connectivity index (χ4v) is 1.80. The predicted octanol–water partition coefficient (Wildman–Crippen LogP) is 1.57. The number of aliphatic hydroxyl groups excluding tert-OH is 1. The van der Waals surface area contributed by atoms with E-state index >= 15 is 0 Å². The van der Waals surface area contributed by atoms with Gasteiger partial charge in [0.25, 0.3) is 0 Å². The van der Waals surface area contributed by atoms with Crippen LogP contribution < -0.4 is 4.74 Å². The van der Waals surface area contributed by atoms with Gasteiger partial charge in [-0.2, -0.15) is 0 Å². The number of rotatable bonds is 8. The molecule has 0 saturated heterocycles. The first-order valence-electron chi connectivity index (χ1n) is 6.54. The lowest BCUT2D eigenvalue weighted by Crippen LogP contribution is -2.35. The van der Waals surface area contributed by atoms with Crippen LogP contribution in [-0.2, 0) is 4.79 Å². The van der Waals surface area contributed by atoms with Gasteiger partial charge in [-0.15, -0.1) is 0 Å². The SMILES string of the molecule is CCOc1ccc(C(O)CCN(CC(=O)O)C(=O)O)cc1. The van der Waals surface area contributed by atoms with Gasteiger partial charge in [0.15, 0.2) is 0 Å². The summed E-state index contributed by atoms with van der Waals surface area (Å²) in [6.45, 7) is 1.75. The number of hydrogen-bond donors (Lipinski definition) is 3. The fraction of sp³-hybridized carbons (Fsp3) is 0.429. The van der Waals surface area contributed by atoms with Crippen molar-refractivity contribution in [1.29, 1.82) is 0 Å². The molecule has 0 aliphatic rings. The Balaban J connectivity index is 2.56. The Kier molecular flexibility index (Phi) is 6.48. The minimum Gasteiger partial charge on any atom is -0.494 e. The van der Waals surface area contributed by atoms with Gasteiger partial charge < -0.3 is 20.1 Å². The van der Waals surface area contributed by atoms with Crippen molar-refractivity contribution in [1.82, 2.24) is 4.90 Å². The number of ether oxygens (including phenoxy) is 1. The standard InChI is InChI=1S/C14H19NO6/c1-2-21-11-5-3-10(4-6-11)12(16)7-8-15(14(19)20)9-13(17)18/h3-6,12,16H,2,7-9H2,1H3,(H,17,18)(H,19,20). The number of amides is 1. The topological polar surface area (TPSA) is 107 Å². The highest BCUT2D eigenvalue weighted by Crippen LogP contribution is 2.20. The van der Waals surface area contributed by atoms with Crippen LogP contribution in [-0.4, -0.2) is 52.0 Å². The molecule has 7 nitrogen and oxygen atoms in total. The minimum absolute atomic E-state index is 0.0595. The summed E-state index contributed by atoms with van der Waals surface area (Å²) in [7, 11) is 0. The Labute approximate surface area is 122 Å². The van der Waals surface area contributed by atoms with E-state index in [2.05, 4.69) is 0 Å². The molecule has 1 amide bonds. The summed E-state index contributed by atoms with van der Waals surface area (Å²) in [4.78, 5) is 22.2. The minimum atomic E-state index is -1.32. The molecule has 0 aliphatic heterocycles. The largest absolute Gasteiger partial charge is 0.494 e. The van der Waals surface area contributed by atoms with Crippen molar-refractivity contribution in [2.75, 3.05) is 19.7 Å². The van der Waals surface area contributed by atoms with Crippen LogP contribution in [0.15, 0.2) is 24.3 Å². The van der Waals surface area contributed by atoms with Crippen molar-refractivity contribution < 1.29 is 29.6 Å². The Morgan fingerprint density at radius 2 is 1.86 bits per heavy atom. The normalized spacial score (nSPS) is 11.7. The number of carboxylic acids is 1. The third-order valence-electron chi connectivity index (χ3n) is 2.84. The summed E-state index contributed by atoms with van der Waals surface area (Å²) in [5, 5.41) is 27.5. The molecule has 1 unspecified atom stereocenters. The number of carbonyl (C=O) groups is 2. The number of aliphatic carboxylic acids is 1. The maximum absolute atomic E-state index is 10.9. The molecular formula is C14H19NO6. The highest BCUT2D eigenvalue weighted by Gasteiger charge is 2.17. The van der Waals surface area contributed by atoms with E-state index in [1.807, 2.05) is 6.92 Å². The molecule has 0 fully saturated rings. The molecule has 0 saturated carbocycles. The van der Waals surface area contributed by atoms with Gasteiger partial charge in [-0.05, 0) is 31.0 Å². The second-order valence-corrected chi connectivity index (χ2v) is 4.40. The summed E-state index contributed by atoms with van der Waals surface area (Å²) in [6.07, 6.45) is -2.07. The van der Waals surface area contributed by atoms with Gasteiger partial charge in [-0.25, -0.2) is 4.79 Å². The van der Waals surface area contributed by atoms with E-state index in [-0.39, 0.29) is 13.0 Å². The van der Waals surface area contributed by atoms with Gasteiger partial charge in [0.2, 0.25) is 0 Å². The molecule has 0 spiro atoms. The molecule has 0 aromatic heterocycles. The average Bonchev–Trinajstić information content (AvgIpc) is 2.43. The van der Waals surface area contributed by atoms with Crippen molar-refractivity contribution in [2.45, 2.75) is 19.4 Å². The molecule has 0 aliphatic carbocycles. The first-order valence-corrected chi connectivity index (χ1v) is 6.54. The van der Waals surface area contributed by atoms with Crippen LogP contribution in [0.2, 0.25) is 0 Å². The Morgan fingerprint density at radius 1 is 1.24 bits per heavy atom. The second-order valence-electron chi connectivity index (χ2n) is 4.40. The van der Waals surface area contributed by atoms with Crippen LogP contribution in [0.4, 0.5) is 4.79 Å². The Morgan fingerprint density at radius 3 is 2.33 bits per heavy atom. The third-order valence-corrected chi connectivity index (χ3v) is 2.84. The zero-order valence-electron chi connectivity index (χ0n) is 11.7. The zero-order valence-corrected chi connectivity index (χ0v) is 11.7. The van der Waals surface area contributed by atoms with E-state index in [1.54, 1.807) is 24.3 Å². The summed E-state index contributed by atoms with van der Waals surface area (Å²) in [5.74, 6) is -0.542. The van der Waals surface area contributed by atoms with Gasteiger partial charge in [-0.1, -0.05) is 12.1 Å². The molecule has 1 aromatic rings. The van der Waals surface area contributed by atoms with Crippen molar-refractivity contribution in [2.24, 2.45) is 0 Å². The smallest absolute Gasteiger partial charge is 0.407 e. The van der Waals surface area contributed by atoms with E-state index in [9.17, 15) is 14.7 Å². The lowest BCUT2D eigenvalue weighted by Gasteiger charge is -2.19. The van der Waals surface area contributed by atoms with Gasteiger partial charge in [-0.3, -0.25) is 9.69 Å². The number of hydrogen-bond acceptors (Lipinski definition) is 4. The van der Waals surface area contributed by atoms with Crippen LogP contribution in [0.3, 0.4) is 0 Å². The van der Waals surface area contributed by atoms with Crippen molar-refractivity contribution in [3.05, 3.63) is 29.8 Å². The van der Waals surface area contributed by atoms with Crippen LogP contribution in [0.5, 0.6) is 5.75 Å². The fourth-order valence-electron chi connectivity index (χ4n) is 1.80. The van der Waals surface area contributed by atoms with Gasteiger partial charge in [0.1, 0.15) is 12.3 Å². The van der Waals surface area contributed by atoms with E-state index in [4.69, 9.17) is 14.9 Å². The summed E-state index contributed by atoms with van der Waals surface area (Å²) >= 11 is 0. The summed E-state index contributed by atoms with van der Waals surface area (Å²) in [6, 6.07) is 6.82. The van der Waals surface area contributed by atoms with Crippen molar-refractivity contribution in [3.63, 3.8) is 0 Å². The maximum Gasteiger partial charge on any atom is 0.407 e. The molecule has 0 radical (unpaired) electrons. The van der Waals surface area contributed by atoms with Crippen molar-refractivity contribution >= 4 is 12.1 Å². The molecule has 3 N–H and O–H groups in total. The van der Waals surface area contributed by atoms with Crippen LogP contribution >= 0.6 is 0 Å². The average molecular weight is 297 g/mol. The lowest BCUT2D eigenvalue weighted by atomic mass is 10.1. The molecule has 21 heavy (non-hydrogen) atoms. The molecule has 1 rings (SSSR count). The third kappa shape index (κ3) is 5.70. The van der Waals surface area contributed by atoms with Crippen LogP contribution in [0.25, 0.3) is 0 Å². The number of aliphatic hydroxyl groups is 1. The van der Waals surface area contributed by atoms with E-state index in [0.717, 1.165) is 4.90 Å². The highest BCUT2D eigenvalue weighted by molar-refractivity contribution is 5.75. The van der Waals surface area contributed by atoms with Gasteiger partial charge in [0, 0.05) is 6.54 Å². The molecule has 0 bridgehead atoms. The number of nitrogens with zero attached hydrogens (tertiary/aromatic N) is 1. The van der Waals surface area contributed by atoms with E-state index < -0.39 is 24.7 Å². The van der Waals surface area contributed by atoms with Gasteiger partial charge in [0.05, 0.1) is 12.7 Å². The highest BCUT2D eigenvalue weighted by atomic mass is 16.5. The van der Waals surface area contributed by atoms with Crippen LogP contribution in [0, 0.1) is 0 Å². The monoisotopic (exact) mass is 297 g/mol. The second kappa shape index (κ2) is 8.11. The molecular weight excluding hydrogens is 278 g/mol. The molecule has 116 valence electrons. The molecule has 0 heterocycles.